The lowest BCUT2D eigenvalue weighted by Crippen LogP contribution is -2.41. The molecule has 8 heteroatoms. The lowest BCUT2D eigenvalue weighted by molar-refractivity contribution is -0.157. The van der Waals surface area contributed by atoms with Crippen LogP contribution in [0.3, 0.4) is 0 Å². The number of nitrogens with one attached hydrogen (secondary N) is 1. The molecule has 2 rings (SSSR count). The molecule has 0 saturated carbocycles. The molecule has 5 nitrogen and oxygen atoms in total. The lowest BCUT2D eigenvalue weighted by atomic mass is 10.1. The number of methoxy groups -OCH3 is 1. The highest BCUT2D eigenvalue weighted by molar-refractivity contribution is 5.85. The lowest BCUT2D eigenvalue weighted by Gasteiger charge is -2.20. The Hall–Kier alpha value is -2.09. The maximum absolute atomic E-state index is 12.4. The smallest absolute Gasteiger partial charge is 0.367 e. The first-order chi connectivity index (χ1) is 10.8. The Morgan fingerprint density at radius 2 is 2.04 bits per heavy atom. The molecule has 2 amide bonds. The van der Waals surface area contributed by atoms with Crippen molar-refractivity contribution < 1.29 is 27.5 Å². The van der Waals surface area contributed by atoms with E-state index in [2.05, 4.69) is 5.32 Å². The zero-order valence-electron chi connectivity index (χ0n) is 12.5. The fourth-order valence-electron chi connectivity index (χ4n) is 2.54. The molecule has 1 heterocycles. The minimum absolute atomic E-state index is 0.146. The van der Waals surface area contributed by atoms with E-state index in [9.17, 15) is 22.8 Å². The highest BCUT2D eigenvalue weighted by Crippen LogP contribution is 2.22. The highest BCUT2D eigenvalue weighted by atomic mass is 19.4. The number of halogens is 3. The van der Waals surface area contributed by atoms with Gasteiger partial charge in [-0.25, -0.2) is 0 Å². The average molecular weight is 330 g/mol. The second-order valence-electron chi connectivity index (χ2n) is 5.33. The molecule has 0 aromatic heterocycles. The monoisotopic (exact) mass is 330 g/mol. The van der Waals surface area contributed by atoms with E-state index in [1.807, 2.05) is 0 Å². The van der Waals surface area contributed by atoms with E-state index in [1.165, 1.54) is 7.11 Å². The summed E-state index contributed by atoms with van der Waals surface area (Å²) in [4.78, 5) is 24.5. The van der Waals surface area contributed by atoms with Crippen molar-refractivity contribution in [3.05, 3.63) is 35.9 Å². The fraction of sp³-hybridized carbons (Fsp3) is 0.467. The van der Waals surface area contributed by atoms with Crippen LogP contribution in [0.15, 0.2) is 30.3 Å². The van der Waals surface area contributed by atoms with E-state index >= 15 is 0 Å². The van der Waals surface area contributed by atoms with Crippen molar-refractivity contribution in [2.75, 3.05) is 20.2 Å². The third-order valence-electron chi connectivity index (χ3n) is 3.51. The van der Waals surface area contributed by atoms with Crippen molar-refractivity contribution >= 4 is 11.8 Å². The maximum Gasteiger partial charge on any atom is 0.406 e. The molecule has 1 aliphatic rings. The third-order valence-corrected chi connectivity index (χ3v) is 3.51. The summed E-state index contributed by atoms with van der Waals surface area (Å²) in [6, 6.07) is 8.06. The molecule has 1 saturated heterocycles. The van der Waals surface area contributed by atoms with Gasteiger partial charge in [-0.3, -0.25) is 9.59 Å². The Morgan fingerprint density at radius 3 is 2.61 bits per heavy atom. The predicted molar refractivity (Wildman–Crippen MR) is 75.4 cm³/mol. The maximum atomic E-state index is 12.4. The van der Waals surface area contributed by atoms with Gasteiger partial charge in [0.1, 0.15) is 6.54 Å². The van der Waals surface area contributed by atoms with Crippen LogP contribution < -0.4 is 5.32 Å². The van der Waals surface area contributed by atoms with Crippen molar-refractivity contribution in [1.29, 1.82) is 0 Å². The van der Waals surface area contributed by atoms with Crippen molar-refractivity contribution in [3.8, 4) is 0 Å². The van der Waals surface area contributed by atoms with Crippen LogP contribution in [-0.4, -0.2) is 49.1 Å². The predicted octanol–water partition coefficient (Wildman–Crippen LogP) is 1.65. The molecule has 23 heavy (non-hydrogen) atoms. The number of nitrogens with zero attached hydrogens (tertiary/aromatic N) is 1. The van der Waals surface area contributed by atoms with Crippen LogP contribution in [0.1, 0.15) is 18.1 Å². The molecule has 0 unspecified atom stereocenters. The Bertz CT molecular complexity index is 563. The quantitative estimate of drug-likeness (QED) is 0.893. The summed E-state index contributed by atoms with van der Waals surface area (Å²) in [5.74, 6) is -1.10. The highest BCUT2D eigenvalue weighted by Gasteiger charge is 2.39. The van der Waals surface area contributed by atoms with Gasteiger partial charge in [0.25, 0.3) is 5.91 Å². The van der Waals surface area contributed by atoms with Gasteiger partial charge in [0.05, 0.1) is 6.04 Å². The van der Waals surface area contributed by atoms with E-state index in [-0.39, 0.29) is 13.0 Å². The van der Waals surface area contributed by atoms with Crippen LogP contribution in [-0.2, 0) is 14.3 Å². The van der Waals surface area contributed by atoms with Crippen molar-refractivity contribution in [3.63, 3.8) is 0 Å². The molecule has 2 atom stereocenters. The fourth-order valence-corrected chi connectivity index (χ4v) is 2.54. The van der Waals surface area contributed by atoms with Crippen molar-refractivity contribution in [1.82, 2.24) is 10.2 Å². The van der Waals surface area contributed by atoms with Gasteiger partial charge in [0.2, 0.25) is 5.91 Å². The van der Waals surface area contributed by atoms with Gasteiger partial charge in [-0.15, -0.1) is 0 Å². The van der Waals surface area contributed by atoms with Gasteiger partial charge in [-0.05, 0) is 5.56 Å². The van der Waals surface area contributed by atoms with Gasteiger partial charge < -0.3 is 15.0 Å². The Balaban J connectivity index is 1.97. The topological polar surface area (TPSA) is 58.6 Å². The molecule has 0 bridgehead atoms. The summed E-state index contributed by atoms with van der Waals surface area (Å²) in [6.07, 6.45) is -5.47. The molecule has 126 valence electrons. The van der Waals surface area contributed by atoms with Crippen molar-refractivity contribution in [2.24, 2.45) is 0 Å². The first-order valence-corrected chi connectivity index (χ1v) is 7.03. The number of rotatable bonds is 5. The Morgan fingerprint density at radius 1 is 1.39 bits per heavy atom. The van der Waals surface area contributed by atoms with Crippen LogP contribution in [0, 0.1) is 0 Å². The first-order valence-electron chi connectivity index (χ1n) is 7.03. The normalized spacial score (nSPS) is 19.7. The number of hydrogen-bond donors (Lipinski definition) is 1. The van der Waals surface area contributed by atoms with Gasteiger partial charge in [-0.1, -0.05) is 30.3 Å². The largest absolute Gasteiger partial charge is 0.406 e. The van der Waals surface area contributed by atoms with Crippen LogP contribution in [0.4, 0.5) is 13.2 Å². The summed E-state index contributed by atoms with van der Waals surface area (Å²) in [7, 11) is 1.37. The number of likely N-dealkylation sites (tertiary alicyclic amines) is 1. The van der Waals surface area contributed by atoms with Gasteiger partial charge in [0.15, 0.2) is 6.10 Å². The van der Waals surface area contributed by atoms with Crippen LogP contribution in [0.5, 0.6) is 0 Å². The number of benzene rings is 1. The molecule has 1 aliphatic heterocycles. The molecule has 0 spiro atoms. The minimum Gasteiger partial charge on any atom is -0.367 e. The van der Waals surface area contributed by atoms with E-state index in [1.54, 1.807) is 30.3 Å². The number of carbonyl (C=O) groups excluding carboxylic acids is 2. The van der Waals surface area contributed by atoms with Crippen LogP contribution >= 0.6 is 0 Å². The molecule has 1 N–H and O–H groups in total. The molecule has 0 aliphatic carbocycles. The Labute approximate surface area is 131 Å². The van der Waals surface area contributed by atoms with Crippen LogP contribution in [0.2, 0.25) is 0 Å². The second-order valence-corrected chi connectivity index (χ2v) is 5.33. The summed E-state index contributed by atoms with van der Waals surface area (Å²) in [5.41, 5.74) is 0.629. The number of hydrogen-bond acceptors (Lipinski definition) is 3. The van der Waals surface area contributed by atoms with Crippen molar-refractivity contribution in [2.45, 2.75) is 24.7 Å². The summed E-state index contributed by atoms with van der Waals surface area (Å²) in [6.45, 7) is -1.46. The standard InChI is InChI=1S/C15H17F3N2O3/c1-23-13(10-5-3-2-4-6-10)14(22)19-11-7-12(21)20(8-11)9-15(16,17)18/h2-6,11,13H,7-9H2,1H3,(H,19,22)/t11-,13-/m1/s1. The molecule has 1 aromatic rings. The SMILES string of the molecule is CO[C@@H](C(=O)N[C@@H]1CC(=O)N(CC(F)(F)F)C1)c1ccccc1. The summed E-state index contributed by atoms with van der Waals surface area (Å²) in [5, 5.41) is 2.58. The van der Waals surface area contributed by atoms with E-state index < -0.39 is 36.7 Å². The zero-order chi connectivity index (χ0) is 17.0. The minimum atomic E-state index is -4.45. The summed E-state index contributed by atoms with van der Waals surface area (Å²) < 4.78 is 42.3. The average Bonchev–Trinajstić information content (AvgIpc) is 2.78. The summed E-state index contributed by atoms with van der Waals surface area (Å²) >= 11 is 0. The van der Waals surface area contributed by atoms with Gasteiger partial charge in [-0.2, -0.15) is 13.2 Å². The Kier molecular flexibility index (Phi) is 5.25. The molecule has 1 fully saturated rings. The molecule has 0 radical (unpaired) electrons. The van der Waals surface area contributed by atoms with Crippen LogP contribution in [0.25, 0.3) is 0 Å². The van der Waals surface area contributed by atoms with Gasteiger partial charge in [0, 0.05) is 20.1 Å². The number of ether oxygens (including phenoxy) is 1. The van der Waals surface area contributed by atoms with E-state index in [0.717, 1.165) is 0 Å². The van der Waals surface area contributed by atoms with E-state index in [4.69, 9.17) is 4.74 Å². The molecular weight excluding hydrogens is 313 g/mol. The number of amides is 2. The number of carbonyl (C=O) groups is 2. The number of alkyl halides is 3. The first kappa shape index (κ1) is 17.3. The third kappa shape index (κ3) is 4.69. The molecular formula is C15H17F3N2O3. The molecule has 1 aromatic carbocycles. The zero-order valence-corrected chi connectivity index (χ0v) is 12.5. The van der Waals surface area contributed by atoms with Gasteiger partial charge >= 0.3 is 6.18 Å². The van der Waals surface area contributed by atoms with E-state index in [0.29, 0.717) is 10.5 Å². The second kappa shape index (κ2) is 6.99.